The summed E-state index contributed by atoms with van der Waals surface area (Å²) in [5.74, 6) is 1.64. The summed E-state index contributed by atoms with van der Waals surface area (Å²) in [7, 11) is 4.03. The van der Waals surface area contributed by atoms with Crippen molar-refractivity contribution in [1.29, 1.82) is 0 Å². The third-order valence-corrected chi connectivity index (χ3v) is 6.09. The Morgan fingerprint density at radius 1 is 1.11 bits per heavy atom. The molecule has 7 heteroatoms. The van der Waals surface area contributed by atoms with Gasteiger partial charge in [0.25, 0.3) is 0 Å². The molecule has 2 aliphatic rings. The molecule has 4 rings (SSSR count). The van der Waals surface area contributed by atoms with Crippen LogP contribution in [0.3, 0.4) is 0 Å². The third-order valence-electron chi connectivity index (χ3n) is 6.09. The highest BCUT2D eigenvalue weighted by Gasteiger charge is 2.30. The maximum atomic E-state index is 12.8. The van der Waals surface area contributed by atoms with Crippen molar-refractivity contribution < 1.29 is 4.79 Å². The summed E-state index contributed by atoms with van der Waals surface area (Å²) in [4.78, 5) is 22.1. The second-order valence-corrected chi connectivity index (χ2v) is 7.66. The molecular formula is C20H30N6O. The number of hydrogen-bond donors (Lipinski definition) is 1. The Kier molecular flexibility index (Phi) is 5.43. The number of piperidine rings is 1. The van der Waals surface area contributed by atoms with Crippen molar-refractivity contribution in [2.24, 2.45) is 13.0 Å². The topological polar surface area (TPSA) is 56.6 Å². The lowest BCUT2D eigenvalue weighted by atomic mass is 9.95. The van der Waals surface area contributed by atoms with E-state index in [1.807, 2.05) is 13.1 Å². The van der Waals surface area contributed by atoms with Crippen molar-refractivity contribution in [1.82, 2.24) is 29.8 Å². The lowest BCUT2D eigenvalue weighted by Gasteiger charge is -2.38. The second kappa shape index (κ2) is 7.96. The van der Waals surface area contributed by atoms with E-state index >= 15 is 0 Å². The molecule has 1 aromatic heterocycles. The van der Waals surface area contributed by atoms with Crippen molar-refractivity contribution in [2.75, 3.05) is 46.3 Å². The summed E-state index contributed by atoms with van der Waals surface area (Å²) in [6, 6.07) is 8.27. The molecule has 2 saturated heterocycles. The highest BCUT2D eigenvalue weighted by atomic mass is 16.2. The number of hydrogen-bond acceptors (Lipinski definition) is 5. The minimum absolute atomic E-state index is 0.183. The number of imidazole rings is 1. The Labute approximate surface area is 160 Å². The van der Waals surface area contributed by atoms with Crippen LogP contribution in [0.5, 0.6) is 0 Å². The van der Waals surface area contributed by atoms with Gasteiger partial charge in [0.15, 0.2) is 0 Å². The minimum atomic E-state index is 0.183. The maximum absolute atomic E-state index is 12.8. The number of para-hydroxylation sites is 2. The zero-order valence-electron chi connectivity index (χ0n) is 16.4. The van der Waals surface area contributed by atoms with Crippen LogP contribution in [0, 0.1) is 5.92 Å². The van der Waals surface area contributed by atoms with Gasteiger partial charge in [0.2, 0.25) is 5.91 Å². The van der Waals surface area contributed by atoms with Gasteiger partial charge in [-0.05, 0) is 45.1 Å². The quantitative estimate of drug-likeness (QED) is 0.872. The summed E-state index contributed by atoms with van der Waals surface area (Å²) in [5.41, 5.74) is 5.40. The molecule has 2 fully saturated rings. The lowest BCUT2D eigenvalue weighted by Crippen LogP contribution is -2.54. The van der Waals surface area contributed by atoms with Crippen LogP contribution < -0.4 is 5.43 Å². The van der Waals surface area contributed by atoms with Gasteiger partial charge in [-0.1, -0.05) is 12.1 Å². The van der Waals surface area contributed by atoms with Crippen LogP contribution in [-0.4, -0.2) is 76.6 Å². The summed E-state index contributed by atoms with van der Waals surface area (Å²) in [6.07, 6.45) is 1.91. The number of aryl methyl sites for hydroxylation is 1. The zero-order valence-corrected chi connectivity index (χ0v) is 16.4. The molecule has 0 spiro atoms. The zero-order chi connectivity index (χ0) is 18.8. The molecule has 7 nitrogen and oxygen atoms in total. The molecular weight excluding hydrogens is 340 g/mol. The Morgan fingerprint density at radius 2 is 1.81 bits per heavy atom. The van der Waals surface area contributed by atoms with Crippen LogP contribution >= 0.6 is 0 Å². The fourth-order valence-corrected chi connectivity index (χ4v) is 4.28. The van der Waals surface area contributed by atoms with Gasteiger partial charge in [-0.25, -0.2) is 9.99 Å². The Bertz CT molecular complexity index is 787. The number of amides is 1. The minimum Gasteiger partial charge on any atom is -0.340 e. The predicted molar refractivity (Wildman–Crippen MR) is 106 cm³/mol. The smallest absolute Gasteiger partial charge is 0.225 e. The largest absolute Gasteiger partial charge is 0.340 e. The van der Waals surface area contributed by atoms with E-state index in [0.29, 0.717) is 5.91 Å². The lowest BCUT2D eigenvalue weighted by molar-refractivity contribution is -0.139. The molecule has 146 valence electrons. The molecule has 0 radical (unpaired) electrons. The maximum Gasteiger partial charge on any atom is 0.225 e. The van der Waals surface area contributed by atoms with Crippen molar-refractivity contribution >= 4 is 16.9 Å². The van der Waals surface area contributed by atoms with Crippen molar-refractivity contribution in [3.63, 3.8) is 0 Å². The monoisotopic (exact) mass is 370 g/mol. The molecule has 0 unspecified atom stereocenters. The number of likely N-dealkylation sites (tertiary alicyclic amines) is 1. The van der Waals surface area contributed by atoms with Gasteiger partial charge in [0.1, 0.15) is 5.82 Å². The van der Waals surface area contributed by atoms with Crippen LogP contribution in [0.4, 0.5) is 0 Å². The molecule has 0 bridgehead atoms. The molecule has 2 aliphatic heterocycles. The summed E-state index contributed by atoms with van der Waals surface area (Å²) >= 11 is 0. The first kappa shape index (κ1) is 18.4. The van der Waals surface area contributed by atoms with E-state index in [4.69, 9.17) is 4.98 Å². The highest BCUT2D eigenvalue weighted by molar-refractivity contribution is 5.79. The number of nitrogens with zero attached hydrogens (tertiary/aromatic N) is 5. The molecule has 2 aromatic rings. The van der Waals surface area contributed by atoms with Gasteiger partial charge < -0.3 is 9.47 Å². The van der Waals surface area contributed by atoms with Gasteiger partial charge in [0.05, 0.1) is 17.6 Å². The Morgan fingerprint density at radius 3 is 2.48 bits per heavy atom. The number of hydrazine groups is 1. The van der Waals surface area contributed by atoms with E-state index in [1.165, 1.54) is 5.52 Å². The van der Waals surface area contributed by atoms with Gasteiger partial charge in [-0.3, -0.25) is 15.1 Å². The molecule has 0 aliphatic carbocycles. The molecule has 1 aromatic carbocycles. The number of carbonyl (C=O) groups excluding carboxylic acids is 1. The van der Waals surface area contributed by atoms with E-state index < -0.39 is 0 Å². The first-order valence-electron chi connectivity index (χ1n) is 9.99. The van der Waals surface area contributed by atoms with Crippen LogP contribution in [-0.2, 0) is 18.4 Å². The highest BCUT2D eigenvalue weighted by Crippen LogP contribution is 2.23. The number of fused-ring (bicyclic) bond motifs is 1. The summed E-state index contributed by atoms with van der Waals surface area (Å²) in [6.45, 7) is 6.28. The van der Waals surface area contributed by atoms with Gasteiger partial charge in [0, 0.05) is 39.1 Å². The van der Waals surface area contributed by atoms with E-state index in [1.54, 1.807) is 0 Å². The SMILES string of the molecule is CNN1CCN(C(=O)C2CCN(Cc3nc4ccccc4n3C)CC2)CC1. The molecule has 0 atom stereocenters. The molecule has 0 saturated carbocycles. The number of piperazine rings is 1. The average Bonchev–Trinajstić information content (AvgIpc) is 3.04. The Balaban J connectivity index is 1.31. The first-order chi connectivity index (χ1) is 13.2. The summed E-state index contributed by atoms with van der Waals surface area (Å²) in [5, 5.41) is 2.17. The summed E-state index contributed by atoms with van der Waals surface area (Å²) < 4.78 is 2.19. The van der Waals surface area contributed by atoms with Gasteiger partial charge in [-0.15, -0.1) is 0 Å². The van der Waals surface area contributed by atoms with Crippen LogP contribution in [0.15, 0.2) is 24.3 Å². The number of aromatic nitrogens is 2. The van der Waals surface area contributed by atoms with Crippen molar-refractivity contribution in [3.8, 4) is 0 Å². The standard InChI is InChI=1S/C20H30N6O/c1-21-26-13-11-25(12-14-26)20(27)16-7-9-24(10-8-16)15-19-22-17-5-3-4-6-18(17)23(19)2/h3-6,16,21H,7-15H2,1-2H3. The molecule has 1 amide bonds. The molecule has 1 N–H and O–H groups in total. The van der Waals surface area contributed by atoms with Crippen molar-refractivity contribution in [2.45, 2.75) is 19.4 Å². The number of benzene rings is 1. The normalized spacial score (nSPS) is 20.4. The van der Waals surface area contributed by atoms with Gasteiger partial charge >= 0.3 is 0 Å². The van der Waals surface area contributed by atoms with Crippen molar-refractivity contribution in [3.05, 3.63) is 30.1 Å². The fraction of sp³-hybridized carbons (Fsp3) is 0.600. The predicted octanol–water partition coefficient (Wildman–Crippen LogP) is 1.06. The number of rotatable bonds is 4. The number of carbonyl (C=O) groups is 1. The van der Waals surface area contributed by atoms with E-state index in [9.17, 15) is 4.79 Å². The Hall–Kier alpha value is -1.96. The third kappa shape index (κ3) is 3.85. The van der Waals surface area contributed by atoms with Gasteiger partial charge in [-0.2, -0.15) is 0 Å². The van der Waals surface area contributed by atoms with E-state index in [0.717, 1.165) is 70.0 Å². The van der Waals surface area contributed by atoms with Crippen LogP contribution in [0.1, 0.15) is 18.7 Å². The molecule has 27 heavy (non-hydrogen) atoms. The molecule has 3 heterocycles. The van der Waals surface area contributed by atoms with E-state index in [2.05, 4.69) is 50.0 Å². The average molecular weight is 371 g/mol. The van der Waals surface area contributed by atoms with E-state index in [-0.39, 0.29) is 5.92 Å². The van der Waals surface area contributed by atoms with Crippen LogP contribution in [0.25, 0.3) is 11.0 Å². The second-order valence-electron chi connectivity index (χ2n) is 7.66. The van der Waals surface area contributed by atoms with Crippen LogP contribution in [0.2, 0.25) is 0 Å². The fourth-order valence-electron chi connectivity index (χ4n) is 4.28. The first-order valence-corrected chi connectivity index (χ1v) is 9.99. The number of nitrogens with one attached hydrogen (secondary N) is 1.